The highest BCUT2D eigenvalue weighted by Gasteiger charge is 2.31. The van der Waals surface area contributed by atoms with Crippen molar-refractivity contribution in [2.24, 2.45) is 0 Å². The molecule has 0 saturated carbocycles. The predicted octanol–water partition coefficient (Wildman–Crippen LogP) is 5.79. The van der Waals surface area contributed by atoms with Crippen LogP contribution in [0.1, 0.15) is 39.4 Å². The van der Waals surface area contributed by atoms with Gasteiger partial charge in [0.05, 0.1) is 5.56 Å². The molecule has 2 N–H and O–H groups in total. The number of nitrogens with one attached hydrogen (secondary N) is 1. The molecule has 0 unspecified atom stereocenters. The number of carboxylic acids is 1. The Morgan fingerprint density at radius 3 is 2.65 bits per heavy atom. The fourth-order valence-corrected chi connectivity index (χ4v) is 4.85. The van der Waals surface area contributed by atoms with E-state index in [2.05, 4.69) is 41.7 Å². The third-order valence-corrected chi connectivity index (χ3v) is 6.53. The Morgan fingerprint density at radius 2 is 1.76 bits per heavy atom. The number of benzene rings is 4. The molecule has 5 rings (SSSR count). The summed E-state index contributed by atoms with van der Waals surface area (Å²) < 4.78 is 21.0. The highest BCUT2D eigenvalue weighted by molar-refractivity contribution is 5.88. The summed E-state index contributed by atoms with van der Waals surface area (Å²) in [6, 6.07) is 26.4. The molecule has 4 aromatic carbocycles. The van der Waals surface area contributed by atoms with Crippen LogP contribution in [-0.4, -0.2) is 30.3 Å². The summed E-state index contributed by atoms with van der Waals surface area (Å²) in [5, 5.41) is 15.4. The lowest BCUT2D eigenvalue weighted by molar-refractivity contribution is 0.0696. The predicted molar refractivity (Wildman–Crippen MR) is 131 cm³/mol. The summed E-state index contributed by atoms with van der Waals surface area (Å²) in [5.41, 5.74) is 2.67. The van der Waals surface area contributed by atoms with Crippen LogP contribution in [0.2, 0.25) is 0 Å². The number of hydrogen-bond acceptors (Lipinski definition) is 3. The largest absolute Gasteiger partial charge is 0.489 e. The van der Waals surface area contributed by atoms with Gasteiger partial charge in [-0.1, -0.05) is 60.7 Å². The minimum absolute atomic E-state index is 0.0881. The number of para-hydroxylation sites is 1. The van der Waals surface area contributed by atoms with Gasteiger partial charge in [0.15, 0.2) is 0 Å². The number of aromatic carboxylic acids is 1. The standard InChI is InChI=1S/C29H26FNO3/c30-27-13-12-21(29(32)33)16-26(27)25-17-22(34-28-11-4-3-10-24(25)28)18-31-15-14-20-8-5-7-19-6-1-2-9-23(19)20/h1-13,16,22,25,31H,14-15,17-18H2,(H,32,33)/t22-,25-/m1/s1. The molecule has 0 aromatic heterocycles. The maximum absolute atomic E-state index is 14.8. The molecule has 34 heavy (non-hydrogen) atoms. The molecule has 5 heteroatoms. The smallest absolute Gasteiger partial charge is 0.335 e. The second-order valence-electron chi connectivity index (χ2n) is 8.70. The monoisotopic (exact) mass is 455 g/mol. The number of halogens is 1. The molecule has 0 saturated heterocycles. The van der Waals surface area contributed by atoms with Gasteiger partial charge < -0.3 is 15.2 Å². The van der Waals surface area contributed by atoms with E-state index in [9.17, 15) is 14.3 Å². The fourth-order valence-electron chi connectivity index (χ4n) is 4.85. The average Bonchev–Trinajstić information content (AvgIpc) is 2.86. The molecule has 172 valence electrons. The van der Waals surface area contributed by atoms with Gasteiger partial charge in [0.2, 0.25) is 0 Å². The van der Waals surface area contributed by atoms with Gasteiger partial charge in [-0.25, -0.2) is 9.18 Å². The number of ether oxygens (including phenoxy) is 1. The fraction of sp³-hybridized carbons (Fsp3) is 0.207. The number of carboxylic acid groups (broad SMARTS) is 1. The molecule has 4 nitrogen and oxygen atoms in total. The highest BCUT2D eigenvalue weighted by Crippen LogP contribution is 2.41. The van der Waals surface area contributed by atoms with E-state index in [0.29, 0.717) is 18.5 Å². The molecular formula is C29H26FNO3. The van der Waals surface area contributed by atoms with Crippen LogP contribution in [0, 0.1) is 5.82 Å². The third kappa shape index (κ3) is 4.52. The molecule has 1 aliphatic heterocycles. The Balaban J connectivity index is 1.30. The van der Waals surface area contributed by atoms with Crippen LogP contribution in [0.4, 0.5) is 4.39 Å². The van der Waals surface area contributed by atoms with Crippen molar-refractivity contribution in [1.29, 1.82) is 0 Å². The zero-order valence-corrected chi connectivity index (χ0v) is 18.7. The first-order valence-corrected chi connectivity index (χ1v) is 11.6. The molecule has 0 bridgehead atoms. The maximum Gasteiger partial charge on any atom is 0.335 e. The average molecular weight is 456 g/mol. The Bertz CT molecular complexity index is 1330. The van der Waals surface area contributed by atoms with E-state index in [1.165, 1.54) is 34.5 Å². The van der Waals surface area contributed by atoms with Crippen LogP contribution < -0.4 is 10.1 Å². The van der Waals surface area contributed by atoms with Crippen molar-refractivity contribution >= 4 is 16.7 Å². The zero-order chi connectivity index (χ0) is 23.5. The van der Waals surface area contributed by atoms with Crippen molar-refractivity contribution in [3.8, 4) is 5.75 Å². The van der Waals surface area contributed by atoms with Gasteiger partial charge in [-0.05, 0) is 65.6 Å². The molecule has 0 amide bonds. The van der Waals surface area contributed by atoms with Crippen LogP contribution in [0.5, 0.6) is 5.75 Å². The van der Waals surface area contributed by atoms with Gasteiger partial charge in [-0.3, -0.25) is 0 Å². The number of hydrogen-bond donors (Lipinski definition) is 2. The summed E-state index contributed by atoms with van der Waals surface area (Å²) >= 11 is 0. The van der Waals surface area contributed by atoms with E-state index < -0.39 is 11.8 Å². The van der Waals surface area contributed by atoms with Crippen LogP contribution in [0.3, 0.4) is 0 Å². The van der Waals surface area contributed by atoms with Crippen molar-refractivity contribution in [3.63, 3.8) is 0 Å². The molecule has 0 aliphatic carbocycles. The Kier molecular flexibility index (Phi) is 6.28. The normalized spacial score (nSPS) is 17.2. The van der Waals surface area contributed by atoms with Crippen LogP contribution in [0.25, 0.3) is 10.8 Å². The molecule has 1 aliphatic rings. The number of fused-ring (bicyclic) bond motifs is 2. The molecule has 2 atom stereocenters. The first-order chi connectivity index (χ1) is 16.6. The lowest BCUT2D eigenvalue weighted by Crippen LogP contribution is -2.36. The molecule has 1 heterocycles. The molecule has 0 radical (unpaired) electrons. The van der Waals surface area contributed by atoms with Crippen molar-refractivity contribution in [2.75, 3.05) is 13.1 Å². The first-order valence-electron chi connectivity index (χ1n) is 11.6. The van der Waals surface area contributed by atoms with E-state index in [0.717, 1.165) is 24.3 Å². The van der Waals surface area contributed by atoms with Gasteiger partial charge >= 0.3 is 5.97 Å². The van der Waals surface area contributed by atoms with Gasteiger partial charge in [0.1, 0.15) is 17.7 Å². The molecule has 4 aromatic rings. The van der Waals surface area contributed by atoms with Gasteiger partial charge in [0.25, 0.3) is 0 Å². The van der Waals surface area contributed by atoms with Crippen molar-refractivity contribution in [3.05, 3.63) is 113 Å². The van der Waals surface area contributed by atoms with Crippen LogP contribution >= 0.6 is 0 Å². The quantitative estimate of drug-likeness (QED) is 0.346. The van der Waals surface area contributed by atoms with Crippen LogP contribution in [0.15, 0.2) is 84.9 Å². The van der Waals surface area contributed by atoms with Gasteiger partial charge in [-0.15, -0.1) is 0 Å². The van der Waals surface area contributed by atoms with Gasteiger partial charge in [-0.2, -0.15) is 0 Å². The topological polar surface area (TPSA) is 58.6 Å². The lowest BCUT2D eigenvalue weighted by atomic mass is 9.83. The highest BCUT2D eigenvalue weighted by atomic mass is 19.1. The van der Waals surface area contributed by atoms with Crippen LogP contribution in [-0.2, 0) is 6.42 Å². The van der Waals surface area contributed by atoms with E-state index in [-0.39, 0.29) is 17.6 Å². The van der Waals surface area contributed by atoms with E-state index in [1.807, 2.05) is 30.3 Å². The summed E-state index contributed by atoms with van der Waals surface area (Å²) in [6.07, 6.45) is 1.31. The minimum Gasteiger partial charge on any atom is -0.489 e. The summed E-state index contributed by atoms with van der Waals surface area (Å²) in [6.45, 7) is 1.42. The first kappa shape index (κ1) is 22.1. The van der Waals surface area contributed by atoms with E-state index in [1.54, 1.807) is 0 Å². The summed E-state index contributed by atoms with van der Waals surface area (Å²) in [7, 11) is 0. The number of rotatable bonds is 7. The Hall–Kier alpha value is -3.70. The Labute approximate surface area is 198 Å². The maximum atomic E-state index is 14.8. The second-order valence-corrected chi connectivity index (χ2v) is 8.70. The third-order valence-electron chi connectivity index (χ3n) is 6.53. The lowest BCUT2D eigenvalue weighted by Gasteiger charge is -2.33. The molecule has 0 fully saturated rings. The second kappa shape index (κ2) is 9.65. The minimum atomic E-state index is -1.06. The van der Waals surface area contributed by atoms with Crippen molar-refractivity contribution in [2.45, 2.75) is 24.9 Å². The Morgan fingerprint density at radius 1 is 0.971 bits per heavy atom. The SMILES string of the molecule is O=C(O)c1ccc(F)c([C@@H]2C[C@H](CNCCc3cccc4ccccc34)Oc3ccccc32)c1. The zero-order valence-electron chi connectivity index (χ0n) is 18.7. The van der Waals surface area contributed by atoms with Gasteiger partial charge in [0, 0.05) is 18.0 Å². The summed E-state index contributed by atoms with van der Waals surface area (Å²) in [5.74, 6) is -1.00. The van der Waals surface area contributed by atoms with Crippen molar-refractivity contribution < 1.29 is 19.0 Å². The van der Waals surface area contributed by atoms with E-state index in [4.69, 9.17) is 4.74 Å². The van der Waals surface area contributed by atoms with Crippen molar-refractivity contribution in [1.82, 2.24) is 5.32 Å². The molecule has 0 spiro atoms. The summed E-state index contributed by atoms with van der Waals surface area (Å²) in [4.78, 5) is 11.5. The molecular weight excluding hydrogens is 429 g/mol. The van der Waals surface area contributed by atoms with E-state index >= 15 is 0 Å². The number of carbonyl (C=O) groups is 1.